The van der Waals surface area contributed by atoms with E-state index >= 15 is 0 Å². The number of alkyl halides is 1. The summed E-state index contributed by atoms with van der Waals surface area (Å²) in [6.45, 7) is 3.36. The van der Waals surface area contributed by atoms with E-state index in [0.717, 1.165) is 24.3 Å². The molecule has 0 fully saturated rings. The molecule has 0 unspecified atom stereocenters. The quantitative estimate of drug-likeness (QED) is 0.816. The van der Waals surface area contributed by atoms with Crippen LogP contribution in [0.5, 0.6) is 5.75 Å². The third-order valence-electron chi connectivity index (χ3n) is 2.01. The van der Waals surface area contributed by atoms with Crippen LogP contribution in [0.4, 0.5) is 0 Å². The van der Waals surface area contributed by atoms with Gasteiger partial charge in [-0.25, -0.2) is 0 Å². The molecule has 1 amide bonds. The van der Waals surface area contributed by atoms with Gasteiger partial charge < -0.3 is 10.1 Å². The molecule has 16 heavy (non-hydrogen) atoms. The minimum Gasteiger partial charge on any atom is -0.494 e. The molecule has 0 aliphatic heterocycles. The van der Waals surface area contributed by atoms with Crippen molar-refractivity contribution >= 4 is 21.8 Å². The van der Waals surface area contributed by atoms with E-state index in [1.807, 2.05) is 24.3 Å². The second-order valence-electron chi connectivity index (χ2n) is 3.40. The Morgan fingerprint density at radius 1 is 1.38 bits per heavy atom. The summed E-state index contributed by atoms with van der Waals surface area (Å²) in [5.74, 6) is 0.865. The Balaban J connectivity index is 2.41. The van der Waals surface area contributed by atoms with Crippen molar-refractivity contribution in [3.05, 3.63) is 29.8 Å². The number of carbonyl (C=O) groups is 1. The first-order valence-electron chi connectivity index (χ1n) is 5.30. The summed E-state index contributed by atoms with van der Waals surface area (Å²) >= 11 is 3.10. The summed E-state index contributed by atoms with van der Waals surface area (Å²) in [7, 11) is 0. The van der Waals surface area contributed by atoms with Crippen molar-refractivity contribution < 1.29 is 9.53 Å². The molecule has 0 bridgehead atoms. The van der Waals surface area contributed by atoms with Crippen LogP contribution in [0.15, 0.2) is 24.3 Å². The van der Waals surface area contributed by atoms with Gasteiger partial charge in [-0.2, -0.15) is 0 Å². The minimum absolute atomic E-state index is 0.00805. The van der Waals surface area contributed by atoms with E-state index in [2.05, 4.69) is 28.2 Å². The van der Waals surface area contributed by atoms with Gasteiger partial charge in [0, 0.05) is 6.54 Å². The summed E-state index contributed by atoms with van der Waals surface area (Å²) < 4.78 is 5.46. The van der Waals surface area contributed by atoms with Crippen LogP contribution < -0.4 is 10.1 Å². The zero-order valence-corrected chi connectivity index (χ0v) is 10.9. The van der Waals surface area contributed by atoms with E-state index in [1.165, 1.54) is 0 Å². The summed E-state index contributed by atoms with van der Waals surface area (Å²) in [6.07, 6.45) is 1.00. The van der Waals surface area contributed by atoms with Crippen molar-refractivity contribution in [3.63, 3.8) is 0 Å². The van der Waals surface area contributed by atoms with Crippen molar-refractivity contribution in [2.45, 2.75) is 19.9 Å². The lowest BCUT2D eigenvalue weighted by atomic mass is 10.2. The molecule has 1 rings (SSSR count). The molecule has 0 radical (unpaired) electrons. The number of halogens is 1. The van der Waals surface area contributed by atoms with Gasteiger partial charge in [-0.3, -0.25) is 4.79 Å². The maximum Gasteiger partial charge on any atom is 0.230 e. The number of amides is 1. The van der Waals surface area contributed by atoms with Gasteiger partial charge in [0.1, 0.15) is 5.75 Å². The van der Waals surface area contributed by atoms with Gasteiger partial charge in [0.2, 0.25) is 5.91 Å². The van der Waals surface area contributed by atoms with E-state index in [-0.39, 0.29) is 5.91 Å². The Morgan fingerprint density at radius 3 is 2.62 bits per heavy atom. The van der Waals surface area contributed by atoms with Crippen molar-refractivity contribution in [3.8, 4) is 5.75 Å². The molecule has 0 saturated carbocycles. The first kappa shape index (κ1) is 13.0. The number of rotatable bonds is 6. The normalized spacial score (nSPS) is 9.88. The van der Waals surface area contributed by atoms with Crippen LogP contribution >= 0.6 is 15.9 Å². The lowest BCUT2D eigenvalue weighted by Crippen LogP contribution is -2.23. The highest BCUT2D eigenvalue weighted by atomic mass is 79.9. The van der Waals surface area contributed by atoms with E-state index in [9.17, 15) is 4.79 Å². The van der Waals surface area contributed by atoms with Gasteiger partial charge in [0.15, 0.2) is 0 Å². The largest absolute Gasteiger partial charge is 0.494 e. The molecule has 1 N–H and O–H groups in total. The molecule has 0 saturated heterocycles. The van der Waals surface area contributed by atoms with Crippen LogP contribution in [-0.4, -0.2) is 17.8 Å². The first-order chi connectivity index (χ1) is 7.76. The Hall–Kier alpha value is -1.03. The number of hydrogen-bond donors (Lipinski definition) is 1. The highest BCUT2D eigenvalue weighted by Gasteiger charge is 1.98. The lowest BCUT2D eigenvalue weighted by Gasteiger charge is -2.06. The highest BCUT2D eigenvalue weighted by molar-refractivity contribution is 9.09. The maximum atomic E-state index is 11.0. The molecule has 1 aromatic carbocycles. The number of hydrogen-bond acceptors (Lipinski definition) is 2. The average Bonchev–Trinajstić information content (AvgIpc) is 2.34. The first-order valence-corrected chi connectivity index (χ1v) is 6.42. The van der Waals surface area contributed by atoms with Crippen LogP contribution in [0.25, 0.3) is 0 Å². The smallest absolute Gasteiger partial charge is 0.230 e. The van der Waals surface area contributed by atoms with E-state index in [0.29, 0.717) is 11.9 Å². The Morgan fingerprint density at radius 2 is 2.06 bits per heavy atom. The molecule has 3 nitrogen and oxygen atoms in total. The van der Waals surface area contributed by atoms with E-state index in [4.69, 9.17) is 4.74 Å². The molecule has 4 heteroatoms. The summed E-state index contributed by atoms with van der Waals surface area (Å²) in [4.78, 5) is 11.0. The molecule has 0 aliphatic carbocycles. The molecule has 0 atom stereocenters. The third-order valence-corrected chi connectivity index (χ3v) is 2.52. The number of benzene rings is 1. The van der Waals surface area contributed by atoms with Crippen LogP contribution in [0.3, 0.4) is 0 Å². The average molecular weight is 286 g/mol. The Kier molecular flexibility index (Phi) is 5.93. The Labute approximate surface area is 104 Å². The zero-order chi connectivity index (χ0) is 11.8. The lowest BCUT2D eigenvalue weighted by molar-refractivity contribution is -0.118. The topological polar surface area (TPSA) is 38.3 Å². The van der Waals surface area contributed by atoms with Crippen LogP contribution in [0.2, 0.25) is 0 Å². The van der Waals surface area contributed by atoms with Crippen molar-refractivity contribution in [2.75, 3.05) is 11.9 Å². The van der Waals surface area contributed by atoms with Gasteiger partial charge in [0.05, 0.1) is 11.9 Å². The second kappa shape index (κ2) is 7.28. The van der Waals surface area contributed by atoms with E-state index < -0.39 is 0 Å². The van der Waals surface area contributed by atoms with Gasteiger partial charge in [0.25, 0.3) is 0 Å². The molecular weight excluding hydrogens is 270 g/mol. The zero-order valence-electron chi connectivity index (χ0n) is 9.33. The highest BCUT2D eigenvalue weighted by Crippen LogP contribution is 2.12. The standard InChI is InChI=1S/C12H16BrNO2/c1-2-7-16-11-5-3-10(4-6-11)9-14-12(15)8-13/h3-6H,2,7-9H2,1H3,(H,14,15). The third kappa shape index (κ3) is 4.66. The summed E-state index contributed by atoms with van der Waals surface area (Å²) in [5, 5.41) is 3.12. The fourth-order valence-electron chi connectivity index (χ4n) is 1.17. The predicted molar refractivity (Wildman–Crippen MR) is 67.9 cm³/mol. The van der Waals surface area contributed by atoms with Crippen LogP contribution in [-0.2, 0) is 11.3 Å². The number of carbonyl (C=O) groups excluding carboxylic acids is 1. The van der Waals surface area contributed by atoms with Crippen molar-refractivity contribution in [1.29, 1.82) is 0 Å². The number of ether oxygens (including phenoxy) is 1. The summed E-state index contributed by atoms with van der Waals surface area (Å²) in [5.41, 5.74) is 1.07. The van der Waals surface area contributed by atoms with Gasteiger partial charge in [-0.1, -0.05) is 35.0 Å². The molecular formula is C12H16BrNO2. The Bertz CT molecular complexity index is 324. The van der Waals surface area contributed by atoms with Crippen LogP contribution in [0.1, 0.15) is 18.9 Å². The maximum absolute atomic E-state index is 11.0. The van der Waals surface area contributed by atoms with Gasteiger partial charge in [-0.15, -0.1) is 0 Å². The molecule has 0 aromatic heterocycles. The van der Waals surface area contributed by atoms with E-state index in [1.54, 1.807) is 0 Å². The van der Waals surface area contributed by atoms with Gasteiger partial charge in [-0.05, 0) is 24.1 Å². The van der Waals surface area contributed by atoms with Gasteiger partial charge >= 0.3 is 0 Å². The summed E-state index contributed by atoms with van der Waals surface area (Å²) in [6, 6.07) is 7.76. The SMILES string of the molecule is CCCOc1ccc(CNC(=O)CBr)cc1. The molecule has 0 heterocycles. The molecule has 1 aromatic rings. The second-order valence-corrected chi connectivity index (χ2v) is 3.96. The monoisotopic (exact) mass is 285 g/mol. The minimum atomic E-state index is -0.00805. The van der Waals surface area contributed by atoms with Crippen molar-refractivity contribution in [2.24, 2.45) is 0 Å². The fourth-order valence-corrected chi connectivity index (χ4v) is 1.37. The molecule has 0 aliphatic rings. The molecule has 88 valence electrons. The van der Waals surface area contributed by atoms with Crippen LogP contribution in [0, 0.1) is 0 Å². The van der Waals surface area contributed by atoms with Crippen molar-refractivity contribution in [1.82, 2.24) is 5.32 Å². The number of nitrogens with one attached hydrogen (secondary N) is 1. The molecule has 0 spiro atoms. The predicted octanol–water partition coefficient (Wildman–Crippen LogP) is 2.49. The fraction of sp³-hybridized carbons (Fsp3) is 0.417.